The quantitative estimate of drug-likeness (QED) is 0.263. The first-order valence-corrected chi connectivity index (χ1v) is 14.8. The van der Waals surface area contributed by atoms with Gasteiger partial charge in [0.15, 0.2) is 17.0 Å². The minimum atomic E-state index is -0.713. The maximum absolute atomic E-state index is 14.6. The van der Waals surface area contributed by atoms with Crippen molar-refractivity contribution in [3.8, 4) is 11.5 Å². The number of pyridine rings is 1. The summed E-state index contributed by atoms with van der Waals surface area (Å²) in [5.74, 6) is -0.270. The number of benzene rings is 3. The fourth-order valence-corrected chi connectivity index (χ4v) is 6.34. The Morgan fingerprint density at radius 2 is 1.83 bits per heavy atom. The van der Waals surface area contributed by atoms with Crippen molar-refractivity contribution in [1.29, 1.82) is 0 Å². The van der Waals surface area contributed by atoms with Crippen molar-refractivity contribution < 1.29 is 18.1 Å². The van der Waals surface area contributed by atoms with Gasteiger partial charge in [0, 0.05) is 48.4 Å². The number of piperidine rings is 1. The lowest BCUT2D eigenvalue weighted by Gasteiger charge is -2.31. The number of amides is 1. The molecule has 5 heterocycles. The molecule has 0 spiro atoms. The Morgan fingerprint density at radius 1 is 1.02 bits per heavy atom. The average molecular weight is 621 g/mol. The Balaban J connectivity index is 0.964. The molecule has 7 aromatic rings. The van der Waals surface area contributed by atoms with Gasteiger partial charge in [0.05, 0.1) is 34.0 Å². The lowest BCUT2D eigenvalue weighted by atomic mass is 9.93. The van der Waals surface area contributed by atoms with Crippen molar-refractivity contribution in [3.05, 3.63) is 106 Å². The van der Waals surface area contributed by atoms with Crippen LogP contribution in [0.15, 0.2) is 76.2 Å². The molecule has 4 aromatic heterocycles. The maximum Gasteiger partial charge on any atom is 0.256 e. The minimum Gasteiger partial charge on any atom is -0.359 e. The van der Waals surface area contributed by atoms with E-state index in [0.717, 1.165) is 34.9 Å². The fourth-order valence-electron chi connectivity index (χ4n) is 6.34. The van der Waals surface area contributed by atoms with Gasteiger partial charge in [0.25, 0.3) is 5.91 Å². The molecular weight excluding hydrogens is 594 g/mol. The molecule has 0 aliphatic carbocycles. The van der Waals surface area contributed by atoms with Crippen molar-refractivity contribution in [2.24, 2.45) is 7.05 Å². The molecule has 46 heavy (non-hydrogen) atoms. The molecule has 3 aromatic carbocycles. The summed E-state index contributed by atoms with van der Waals surface area (Å²) in [7, 11) is 1.94. The number of halogens is 2. The monoisotopic (exact) mass is 620 g/mol. The van der Waals surface area contributed by atoms with Gasteiger partial charge in [-0.1, -0.05) is 22.5 Å². The molecule has 11 nitrogen and oxygen atoms in total. The van der Waals surface area contributed by atoms with Gasteiger partial charge in [-0.2, -0.15) is 0 Å². The molecule has 0 radical (unpaired) electrons. The van der Waals surface area contributed by atoms with Crippen LogP contribution >= 0.6 is 0 Å². The zero-order chi connectivity index (χ0) is 31.5. The molecule has 1 saturated heterocycles. The predicted octanol–water partition coefficient (Wildman–Crippen LogP) is 5.16. The van der Waals surface area contributed by atoms with E-state index in [1.165, 1.54) is 12.1 Å². The Labute approximate surface area is 259 Å². The Bertz CT molecular complexity index is 2360. The lowest BCUT2D eigenvalue weighted by molar-refractivity contribution is 0.0712. The van der Waals surface area contributed by atoms with E-state index in [-0.39, 0.29) is 33.7 Å². The van der Waals surface area contributed by atoms with E-state index in [9.17, 15) is 18.4 Å². The number of carbonyl (C=O) groups is 1. The molecule has 1 amide bonds. The third-order valence-corrected chi connectivity index (χ3v) is 8.71. The van der Waals surface area contributed by atoms with Crippen LogP contribution in [0.2, 0.25) is 0 Å². The van der Waals surface area contributed by atoms with Gasteiger partial charge >= 0.3 is 0 Å². The molecule has 0 bridgehead atoms. The van der Waals surface area contributed by atoms with Crippen LogP contribution in [-0.4, -0.2) is 58.6 Å². The normalized spacial score (nSPS) is 14.2. The molecule has 0 atom stereocenters. The van der Waals surface area contributed by atoms with E-state index in [4.69, 9.17) is 4.52 Å². The highest BCUT2D eigenvalue weighted by atomic mass is 19.1. The van der Waals surface area contributed by atoms with Crippen molar-refractivity contribution in [2.45, 2.75) is 25.3 Å². The van der Waals surface area contributed by atoms with Gasteiger partial charge in [0.1, 0.15) is 23.9 Å². The van der Waals surface area contributed by atoms with Crippen LogP contribution in [0, 0.1) is 11.6 Å². The summed E-state index contributed by atoms with van der Waals surface area (Å²) < 4.78 is 37.7. The molecule has 0 unspecified atom stereocenters. The first-order valence-electron chi connectivity index (χ1n) is 14.8. The molecule has 1 fully saturated rings. The number of aromatic nitrogens is 7. The molecule has 1 N–H and O–H groups in total. The third kappa shape index (κ3) is 4.71. The molecular formula is C33H26F2N8O3. The number of para-hydroxylation sites is 2. The first-order chi connectivity index (χ1) is 22.3. The SMILES string of the molecule is Cn1c(-c2cn(Cc3cc(C4CCN(C(=O)c5cc(F)cc6c(=O)c7cc(F)ccc7[nH]c56)CC4)no3)nn2)nc2ccccc21. The van der Waals surface area contributed by atoms with E-state index >= 15 is 0 Å². The smallest absolute Gasteiger partial charge is 0.256 e. The van der Waals surface area contributed by atoms with Crippen molar-refractivity contribution in [2.75, 3.05) is 13.1 Å². The van der Waals surface area contributed by atoms with Crippen LogP contribution < -0.4 is 5.43 Å². The van der Waals surface area contributed by atoms with Gasteiger partial charge in [-0.3, -0.25) is 9.59 Å². The summed E-state index contributed by atoms with van der Waals surface area (Å²) >= 11 is 0. The number of hydrogen-bond donors (Lipinski definition) is 1. The molecule has 13 heteroatoms. The summed E-state index contributed by atoms with van der Waals surface area (Å²) in [6, 6.07) is 15.7. The molecule has 1 aliphatic heterocycles. The van der Waals surface area contributed by atoms with Crippen LogP contribution in [0.25, 0.3) is 44.4 Å². The number of nitrogens with zero attached hydrogens (tertiary/aromatic N) is 7. The second kappa shape index (κ2) is 10.7. The van der Waals surface area contributed by atoms with Crippen LogP contribution in [0.1, 0.15) is 40.6 Å². The minimum absolute atomic E-state index is 0.000638. The lowest BCUT2D eigenvalue weighted by Crippen LogP contribution is -2.38. The largest absolute Gasteiger partial charge is 0.359 e. The van der Waals surface area contributed by atoms with E-state index in [2.05, 4.69) is 25.4 Å². The van der Waals surface area contributed by atoms with Crippen molar-refractivity contribution in [1.82, 2.24) is 39.6 Å². The second-order valence-corrected chi connectivity index (χ2v) is 11.6. The number of imidazole rings is 1. The predicted molar refractivity (Wildman–Crippen MR) is 165 cm³/mol. The van der Waals surface area contributed by atoms with Gasteiger partial charge in [-0.05, 0) is 55.3 Å². The summed E-state index contributed by atoms with van der Waals surface area (Å²) in [6.45, 7) is 1.17. The highest BCUT2D eigenvalue weighted by molar-refractivity contribution is 6.07. The number of nitrogens with one attached hydrogen (secondary N) is 1. The number of H-pyrrole nitrogens is 1. The summed E-state index contributed by atoms with van der Waals surface area (Å²) in [4.78, 5) is 36.1. The van der Waals surface area contributed by atoms with Gasteiger partial charge < -0.3 is 19.0 Å². The van der Waals surface area contributed by atoms with E-state index < -0.39 is 17.1 Å². The van der Waals surface area contributed by atoms with Gasteiger partial charge in [0.2, 0.25) is 0 Å². The Kier molecular flexibility index (Phi) is 6.48. The number of hydrogen-bond acceptors (Lipinski definition) is 7. The Morgan fingerprint density at radius 3 is 2.65 bits per heavy atom. The summed E-state index contributed by atoms with van der Waals surface area (Å²) in [6.07, 6.45) is 3.08. The zero-order valence-corrected chi connectivity index (χ0v) is 24.6. The van der Waals surface area contributed by atoms with Crippen LogP contribution in [0.3, 0.4) is 0 Å². The summed E-state index contributed by atoms with van der Waals surface area (Å²) in [5.41, 5.74) is 3.44. The molecule has 0 saturated carbocycles. The number of carbonyl (C=O) groups excluding carboxylic acids is 1. The average Bonchev–Trinajstić information content (AvgIpc) is 3.81. The zero-order valence-electron chi connectivity index (χ0n) is 24.6. The second-order valence-electron chi connectivity index (χ2n) is 11.6. The van der Waals surface area contributed by atoms with Crippen LogP contribution in [0.4, 0.5) is 8.78 Å². The molecule has 230 valence electrons. The number of aromatic amines is 1. The number of likely N-dealkylation sites (tertiary alicyclic amines) is 1. The summed E-state index contributed by atoms with van der Waals surface area (Å²) in [5, 5.41) is 12.9. The van der Waals surface area contributed by atoms with E-state index in [1.54, 1.807) is 9.58 Å². The standard InChI is InChI=1S/C33H26F2N8O3/c1-41-29-5-3-2-4-26(29)37-32(41)28-17-43(40-38-28)16-21-15-27(39-46-21)18-8-10-42(11-9-18)33(45)24-14-20(35)13-23-30(24)36-25-7-6-19(34)12-22(25)31(23)44/h2-7,12-15,17-18H,8-11,16H2,1H3,(H,36,44). The van der Waals surface area contributed by atoms with Crippen LogP contribution in [-0.2, 0) is 13.6 Å². The van der Waals surface area contributed by atoms with Crippen LogP contribution in [0.5, 0.6) is 0 Å². The number of rotatable bonds is 5. The maximum atomic E-state index is 14.6. The van der Waals surface area contributed by atoms with E-state index in [1.807, 2.05) is 48.1 Å². The third-order valence-electron chi connectivity index (χ3n) is 8.71. The van der Waals surface area contributed by atoms with Crippen molar-refractivity contribution in [3.63, 3.8) is 0 Å². The number of aryl methyl sites for hydroxylation is 1. The highest BCUT2D eigenvalue weighted by Crippen LogP contribution is 2.30. The number of fused-ring (bicyclic) bond motifs is 3. The Hall–Kier alpha value is -5.72. The van der Waals surface area contributed by atoms with Crippen molar-refractivity contribution >= 4 is 38.7 Å². The fraction of sp³-hybridized carbons (Fsp3) is 0.212. The topological polar surface area (TPSA) is 128 Å². The molecule has 8 rings (SSSR count). The molecule has 1 aliphatic rings. The van der Waals surface area contributed by atoms with Gasteiger partial charge in [-0.25, -0.2) is 18.4 Å². The van der Waals surface area contributed by atoms with Gasteiger partial charge in [-0.15, -0.1) is 5.10 Å². The highest BCUT2D eigenvalue weighted by Gasteiger charge is 2.28. The van der Waals surface area contributed by atoms with E-state index in [0.29, 0.717) is 55.3 Å². The first kappa shape index (κ1) is 27.8.